The number of hydrogen-bond donors (Lipinski definition) is 0. The molecular formula is C6H11Cl2O3P. The maximum absolute atomic E-state index is 11.6. The molecule has 0 aliphatic heterocycles. The largest absolute Gasteiger partial charge is 0.359 e. The smallest absolute Gasteiger partial charge is 0.309 e. The zero-order valence-electron chi connectivity index (χ0n) is 7.08. The minimum Gasteiger partial charge on any atom is -0.309 e. The fourth-order valence-electron chi connectivity index (χ4n) is 0.650. The van der Waals surface area contributed by atoms with E-state index in [4.69, 9.17) is 32.2 Å². The highest BCUT2D eigenvalue weighted by atomic mass is 35.5. The van der Waals surface area contributed by atoms with E-state index in [1.807, 2.05) is 0 Å². The first-order chi connectivity index (χ1) is 5.51. The monoisotopic (exact) mass is 232 g/mol. The highest BCUT2D eigenvalue weighted by Crippen LogP contribution is 2.56. The van der Waals surface area contributed by atoms with Crippen LogP contribution >= 0.6 is 30.8 Å². The minimum atomic E-state index is -3.25. The molecule has 0 heterocycles. The Hall–Kier alpha value is 0.470. The van der Waals surface area contributed by atoms with Crippen LogP contribution in [0.4, 0.5) is 0 Å². The maximum atomic E-state index is 11.6. The molecule has 0 saturated carbocycles. The van der Waals surface area contributed by atoms with Gasteiger partial charge in [0.05, 0.1) is 10.7 Å². The number of halogens is 2. The molecule has 0 aliphatic carbocycles. The molecule has 72 valence electrons. The van der Waals surface area contributed by atoms with Crippen molar-refractivity contribution in [1.29, 1.82) is 0 Å². The van der Waals surface area contributed by atoms with Gasteiger partial charge in [0.15, 0.2) is 0 Å². The van der Waals surface area contributed by atoms with Crippen LogP contribution < -0.4 is 0 Å². The zero-order chi connectivity index (χ0) is 9.78. The predicted molar refractivity (Wildman–Crippen MR) is 50.9 cm³/mol. The molecule has 0 bridgehead atoms. The normalized spacial score (nSPS) is 16.2. The van der Waals surface area contributed by atoms with Gasteiger partial charge < -0.3 is 9.05 Å². The quantitative estimate of drug-likeness (QED) is 0.552. The Kier molecular flexibility index (Phi) is 5.46. The lowest BCUT2D eigenvalue weighted by molar-refractivity contribution is 0.282. The van der Waals surface area contributed by atoms with E-state index in [1.54, 1.807) is 6.92 Å². The second-order valence-corrected chi connectivity index (χ2v) is 5.13. The van der Waals surface area contributed by atoms with Crippen molar-refractivity contribution in [2.45, 2.75) is 12.3 Å². The summed E-state index contributed by atoms with van der Waals surface area (Å²) >= 11 is 11.1. The molecule has 0 aromatic rings. The van der Waals surface area contributed by atoms with Crippen molar-refractivity contribution in [2.75, 3.05) is 14.2 Å². The van der Waals surface area contributed by atoms with Crippen LogP contribution in [0.25, 0.3) is 0 Å². The molecule has 0 rings (SSSR count). The highest BCUT2D eigenvalue weighted by molar-refractivity contribution is 7.58. The van der Waals surface area contributed by atoms with Crippen LogP contribution in [-0.2, 0) is 13.6 Å². The molecule has 0 spiro atoms. The van der Waals surface area contributed by atoms with E-state index in [-0.39, 0.29) is 5.31 Å². The maximum Gasteiger partial charge on any atom is 0.359 e. The van der Waals surface area contributed by atoms with Gasteiger partial charge in [0.2, 0.25) is 0 Å². The van der Waals surface area contributed by atoms with Gasteiger partial charge in [-0.1, -0.05) is 11.6 Å². The van der Waals surface area contributed by atoms with Crippen molar-refractivity contribution in [1.82, 2.24) is 0 Å². The summed E-state index contributed by atoms with van der Waals surface area (Å²) in [6, 6.07) is 0. The zero-order valence-corrected chi connectivity index (χ0v) is 9.49. The third kappa shape index (κ3) is 2.75. The fourth-order valence-corrected chi connectivity index (χ4v) is 2.81. The summed E-state index contributed by atoms with van der Waals surface area (Å²) in [6.45, 7) is 1.64. The molecular weight excluding hydrogens is 222 g/mol. The lowest BCUT2D eigenvalue weighted by Gasteiger charge is -2.17. The molecule has 0 amide bonds. The van der Waals surface area contributed by atoms with Crippen LogP contribution in [0.15, 0.2) is 10.8 Å². The molecule has 6 heteroatoms. The summed E-state index contributed by atoms with van der Waals surface area (Å²) in [5, 5.41) is -0.218. The molecule has 0 radical (unpaired) electrons. The van der Waals surface area contributed by atoms with Gasteiger partial charge in [-0.05, 0) is 6.92 Å². The van der Waals surface area contributed by atoms with E-state index < -0.39 is 13.0 Å². The molecule has 1 unspecified atom stereocenters. The SMILES string of the molecule is COP(=O)(OC)/C(=C/Cl)C(C)Cl. The summed E-state index contributed by atoms with van der Waals surface area (Å²) < 4.78 is 21.0. The lowest BCUT2D eigenvalue weighted by atomic mass is 10.5. The Labute approximate surface area is 82.2 Å². The van der Waals surface area contributed by atoms with E-state index in [0.717, 1.165) is 5.54 Å². The van der Waals surface area contributed by atoms with Gasteiger partial charge in [-0.2, -0.15) is 0 Å². The van der Waals surface area contributed by atoms with Crippen LogP contribution in [0, 0.1) is 0 Å². The van der Waals surface area contributed by atoms with Gasteiger partial charge in [-0.25, -0.2) is 0 Å². The van der Waals surface area contributed by atoms with Crippen molar-refractivity contribution in [3.05, 3.63) is 10.8 Å². The number of hydrogen-bond acceptors (Lipinski definition) is 3. The first-order valence-corrected chi connectivity index (χ1v) is 5.59. The second-order valence-electron chi connectivity index (χ2n) is 2.01. The van der Waals surface area contributed by atoms with Gasteiger partial charge in [0.25, 0.3) is 0 Å². The Morgan fingerprint density at radius 2 is 1.92 bits per heavy atom. The predicted octanol–water partition coefficient (Wildman–Crippen LogP) is 3.18. The fraction of sp³-hybridized carbons (Fsp3) is 0.667. The molecule has 0 aromatic carbocycles. The van der Waals surface area contributed by atoms with E-state index in [1.165, 1.54) is 14.2 Å². The summed E-state index contributed by atoms with van der Waals surface area (Å²) in [4.78, 5) is 0. The highest BCUT2D eigenvalue weighted by Gasteiger charge is 2.30. The van der Waals surface area contributed by atoms with Crippen molar-refractivity contribution < 1.29 is 13.6 Å². The average Bonchev–Trinajstić information content (AvgIpc) is 2.04. The number of alkyl halides is 1. The number of allylic oxidation sites excluding steroid dienone is 1. The Bertz CT molecular complexity index is 207. The van der Waals surface area contributed by atoms with E-state index >= 15 is 0 Å². The van der Waals surface area contributed by atoms with Crippen LogP contribution in [0.1, 0.15) is 6.92 Å². The average molecular weight is 233 g/mol. The van der Waals surface area contributed by atoms with Crippen LogP contribution in [0.5, 0.6) is 0 Å². The second kappa shape index (κ2) is 5.25. The van der Waals surface area contributed by atoms with Gasteiger partial charge in [-0.3, -0.25) is 4.57 Å². The third-order valence-corrected chi connectivity index (χ3v) is 4.20. The van der Waals surface area contributed by atoms with Crippen LogP contribution in [0.2, 0.25) is 0 Å². The summed E-state index contributed by atoms with van der Waals surface area (Å²) in [5.74, 6) is 0. The standard InChI is InChI=1S/C6H11Cl2O3P/c1-5(8)6(4-7)12(9,10-2)11-3/h4-5H,1-3H3/b6-4+. The summed E-state index contributed by atoms with van der Waals surface area (Å²) in [5.41, 5.74) is 1.13. The van der Waals surface area contributed by atoms with Gasteiger partial charge in [0.1, 0.15) is 0 Å². The number of rotatable bonds is 4. The Morgan fingerprint density at radius 1 is 1.50 bits per heavy atom. The van der Waals surface area contributed by atoms with Crippen LogP contribution in [-0.4, -0.2) is 19.6 Å². The first kappa shape index (κ1) is 12.5. The minimum absolute atomic E-state index is 0.260. The summed E-state index contributed by atoms with van der Waals surface area (Å²) in [7, 11) is -0.687. The van der Waals surface area contributed by atoms with Crippen molar-refractivity contribution in [3.8, 4) is 0 Å². The topological polar surface area (TPSA) is 35.5 Å². The third-order valence-electron chi connectivity index (χ3n) is 1.32. The van der Waals surface area contributed by atoms with E-state index in [0.29, 0.717) is 0 Å². The van der Waals surface area contributed by atoms with Crippen molar-refractivity contribution >= 4 is 30.8 Å². The molecule has 12 heavy (non-hydrogen) atoms. The molecule has 0 saturated heterocycles. The molecule has 0 aromatic heterocycles. The first-order valence-electron chi connectivity index (χ1n) is 3.18. The van der Waals surface area contributed by atoms with Gasteiger partial charge >= 0.3 is 7.60 Å². The Morgan fingerprint density at radius 3 is 2.00 bits per heavy atom. The molecule has 3 nitrogen and oxygen atoms in total. The molecule has 0 N–H and O–H groups in total. The van der Waals surface area contributed by atoms with Gasteiger partial charge in [0, 0.05) is 19.8 Å². The Balaban J connectivity index is 4.83. The molecule has 0 aliphatic rings. The van der Waals surface area contributed by atoms with Crippen molar-refractivity contribution in [2.24, 2.45) is 0 Å². The molecule has 1 atom stereocenters. The van der Waals surface area contributed by atoms with Gasteiger partial charge in [-0.15, -0.1) is 11.6 Å². The summed E-state index contributed by atoms with van der Waals surface area (Å²) in [6.07, 6.45) is 0. The van der Waals surface area contributed by atoms with E-state index in [9.17, 15) is 4.57 Å². The molecule has 0 fully saturated rings. The van der Waals surface area contributed by atoms with Crippen LogP contribution in [0.3, 0.4) is 0 Å². The van der Waals surface area contributed by atoms with Crippen molar-refractivity contribution in [3.63, 3.8) is 0 Å². The van der Waals surface area contributed by atoms with E-state index in [2.05, 4.69) is 0 Å². The lowest BCUT2D eigenvalue weighted by Crippen LogP contribution is -2.01.